The SMILES string of the molecule is COc1cc(C2C(C(=O)C=Cc3ccccc3)=C(O)C(=O)N2c2nnc(SCc3cccc4ccccc34)s2)ccc1OCc1ccccc1. The van der Waals surface area contributed by atoms with E-state index in [2.05, 4.69) is 34.5 Å². The van der Waals surface area contributed by atoms with Crippen LogP contribution in [0.1, 0.15) is 28.3 Å². The van der Waals surface area contributed by atoms with E-state index in [-0.39, 0.29) is 10.7 Å². The third-order valence-electron chi connectivity index (χ3n) is 8.27. The molecule has 1 aliphatic rings. The largest absolute Gasteiger partial charge is 0.503 e. The van der Waals surface area contributed by atoms with Crippen LogP contribution in [-0.2, 0) is 21.9 Å². The zero-order chi connectivity index (χ0) is 34.5. The summed E-state index contributed by atoms with van der Waals surface area (Å²) in [6.07, 6.45) is 3.02. The molecular formula is C40H31N3O5S2. The number of nitrogens with zero attached hydrogens (tertiary/aromatic N) is 3. The van der Waals surface area contributed by atoms with Crippen molar-refractivity contribution in [2.45, 2.75) is 22.7 Å². The lowest BCUT2D eigenvalue weighted by Crippen LogP contribution is -2.30. The van der Waals surface area contributed by atoms with Crippen LogP contribution >= 0.6 is 23.1 Å². The van der Waals surface area contributed by atoms with Crippen LogP contribution in [0, 0.1) is 0 Å². The van der Waals surface area contributed by atoms with E-state index in [0.717, 1.165) is 27.5 Å². The van der Waals surface area contributed by atoms with Crippen LogP contribution < -0.4 is 14.4 Å². The smallest absolute Gasteiger partial charge is 0.296 e. The molecule has 2 heterocycles. The fourth-order valence-electron chi connectivity index (χ4n) is 5.82. The van der Waals surface area contributed by atoms with Gasteiger partial charge in [-0.25, -0.2) is 0 Å². The predicted octanol–water partition coefficient (Wildman–Crippen LogP) is 8.75. The third kappa shape index (κ3) is 6.89. The molecule has 1 aromatic heterocycles. The number of amides is 1. The lowest BCUT2D eigenvalue weighted by Gasteiger charge is -2.24. The molecule has 6 aromatic rings. The summed E-state index contributed by atoms with van der Waals surface area (Å²) in [6.45, 7) is 0.323. The Bertz CT molecular complexity index is 2230. The maximum absolute atomic E-state index is 13.8. The molecule has 1 atom stereocenters. The summed E-state index contributed by atoms with van der Waals surface area (Å²) in [7, 11) is 1.53. The maximum Gasteiger partial charge on any atom is 0.296 e. The number of aliphatic hydroxyl groups is 1. The van der Waals surface area contributed by atoms with Gasteiger partial charge in [0, 0.05) is 5.75 Å². The van der Waals surface area contributed by atoms with Gasteiger partial charge >= 0.3 is 0 Å². The Kier molecular flexibility index (Phi) is 9.72. The lowest BCUT2D eigenvalue weighted by molar-refractivity contribution is -0.117. The second-order valence-corrected chi connectivity index (χ2v) is 13.6. The van der Waals surface area contributed by atoms with Crippen LogP contribution in [0.25, 0.3) is 16.8 Å². The molecule has 0 saturated heterocycles. The number of thioether (sulfide) groups is 1. The Morgan fingerprint density at radius 3 is 2.44 bits per heavy atom. The van der Waals surface area contributed by atoms with Crippen molar-refractivity contribution in [2.24, 2.45) is 0 Å². The van der Waals surface area contributed by atoms with Crippen molar-refractivity contribution in [3.63, 3.8) is 0 Å². The van der Waals surface area contributed by atoms with Gasteiger partial charge in [0.25, 0.3) is 5.91 Å². The zero-order valence-corrected chi connectivity index (χ0v) is 28.6. The molecule has 1 unspecified atom stereocenters. The lowest BCUT2D eigenvalue weighted by atomic mass is 9.95. The highest BCUT2D eigenvalue weighted by molar-refractivity contribution is 8.00. The van der Waals surface area contributed by atoms with Crippen molar-refractivity contribution in [3.05, 3.63) is 161 Å². The third-order valence-corrected chi connectivity index (χ3v) is 10.4. The number of hydrogen-bond acceptors (Lipinski definition) is 9. The molecule has 50 heavy (non-hydrogen) atoms. The highest BCUT2D eigenvalue weighted by atomic mass is 32.2. The van der Waals surface area contributed by atoms with Gasteiger partial charge in [0.05, 0.1) is 18.7 Å². The monoisotopic (exact) mass is 697 g/mol. The molecule has 0 saturated carbocycles. The highest BCUT2D eigenvalue weighted by Crippen LogP contribution is 2.45. The fourth-order valence-corrected chi connectivity index (χ4v) is 7.69. The van der Waals surface area contributed by atoms with Crippen molar-refractivity contribution in [1.82, 2.24) is 10.2 Å². The van der Waals surface area contributed by atoms with Gasteiger partial charge in [0.1, 0.15) is 6.61 Å². The number of hydrogen-bond donors (Lipinski definition) is 1. The summed E-state index contributed by atoms with van der Waals surface area (Å²) in [5.41, 5.74) is 3.41. The molecule has 248 valence electrons. The number of methoxy groups -OCH3 is 1. The van der Waals surface area contributed by atoms with Crippen molar-refractivity contribution >= 4 is 56.8 Å². The number of ketones is 1. The van der Waals surface area contributed by atoms with E-state index in [1.807, 2.05) is 78.9 Å². The molecular weight excluding hydrogens is 667 g/mol. The molecule has 5 aromatic carbocycles. The summed E-state index contributed by atoms with van der Waals surface area (Å²) in [4.78, 5) is 29.0. The van der Waals surface area contributed by atoms with Gasteiger partial charge in [-0.15, -0.1) is 10.2 Å². The van der Waals surface area contributed by atoms with Crippen molar-refractivity contribution < 1.29 is 24.2 Å². The molecule has 0 radical (unpaired) electrons. The second kappa shape index (κ2) is 14.8. The Morgan fingerprint density at radius 1 is 0.900 bits per heavy atom. The van der Waals surface area contributed by atoms with Crippen molar-refractivity contribution in [2.75, 3.05) is 12.0 Å². The van der Waals surface area contributed by atoms with Gasteiger partial charge < -0.3 is 14.6 Å². The molecule has 0 bridgehead atoms. The van der Waals surface area contributed by atoms with Crippen LogP contribution in [0.3, 0.4) is 0 Å². The number of aliphatic hydroxyl groups excluding tert-OH is 1. The number of ether oxygens (including phenoxy) is 2. The molecule has 0 aliphatic carbocycles. The van der Waals surface area contributed by atoms with Gasteiger partial charge in [-0.3, -0.25) is 14.5 Å². The number of aromatic nitrogens is 2. The highest BCUT2D eigenvalue weighted by Gasteiger charge is 2.45. The fraction of sp³-hybridized carbons (Fsp3) is 0.100. The number of allylic oxidation sites excluding steroid dienone is 1. The number of anilines is 1. The van der Waals surface area contributed by atoms with E-state index in [0.29, 0.717) is 33.8 Å². The zero-order valence-electron chi connectivity index (χ0n) is 26.9. The van der Waals surface area contributed by atoms with E-state index < -0.39 is 23.5 Å². The molecule has 0 fully saturated rings. The van der Waals surface area contributed by atoms with E-state index in [9.17, 15) is 14.7 Å². The van der Waals surface area contributed by atoms with Gasteiger partial charge in [-0.05, 0) is 51.2 Å². The Hall–Kier alpha value is -5.71. The molecule has 7 rings (SSSR count). The summed E-state index contributed by atoms with van der Waals surface area (Å²) in [5.74, 6) is -0.341. The Labute approximate surface area is 297 Å². The van der Waals surface area contributed by atoms with Crippen LogP contribution in [-0.4, -0.2) is 34.1 Å². The van der Waals surface area contributed by atoms with Crippen molar-refractivity contribution in [1.29, 1.82) is 0 Å². The minimum absolute atomic E-state index is 0.0673. The van der Waals surface area contributed by atoms with Gasteiger partial charge in [-0.1, -0.05) is 138 Å². The number of carbonyl (C=O) groups is 2. The second-order valence-electron chi connectivity index (χ2n) is 11.4. The molecule has 10 heteroatoms. The average Bonchev–Trinajstić information content (AvgIpc) is 3.74. The molecule has 1 aliphatic heterocycles. The van der Waals surface area contributed by atoms with Gasteiger partial charge in [0.15, 0.2) is 27.4 Å². The Balaban J connectivity index is 1.21. The first-order valence-electron chi connectivity index (χ1n) is 15.8. The summed E-state index contributed by atoms with van der Waals surface area (Å²) >= 11 is 2.73. The first-order valence-corrected chi connectivity index (χ1v) is 17.6. The first-order chi connectivity index (χ1) is 24.5. The summed E-state index contributed by atoms with van der Waals surface area (Å²) in [5, 5.41) is 22.6. The van der Waals surface area contributed by atoms with Crippen LogP contribution in [0.4, 0.5) is 5.13 Å². The first kappa shape index (κ1) is 32.8. The minimum atomic E-state index is -1.00. The maximum atomic E-state index is 13.8. The van der Waals surface area contributed by atoms with E-state index in [4.69, 9.17) is 9.47 Å². The summed E-state index contributed by atoms with van der Waals surface area (Å²) < 4.78 is 12.4. The van der Waals surface area contributed by atoms with E-state index in [1.165, 1.54) is 41.2 Å². The van der Waals surface area contributed by atoms with Crippen molar-refractivity contribution in [3.8, 4) is 11.5 Å². The van der Waals surface area contributed by atoms with E-state index >= 15 is 0 Å². The van der Waals surface area contributed by atoms with Crippen LogP contribution in [0.15, 0.2) is 143 Å². The predicted molar refractivity (Wildman–Crippen MR) is 198 cm³/mol. The summed E-state index contributed by atoms with van der Waals surface area (Å²) in [6, 6.07) is 37.7. The molecule has 0 spiro atoms. The number of fused-ring (bicyclic) bond motifs is 1. The average molecular weight is 698 g/mol. The number of carbonyl (C=O) groups excluding carboxylic acids is 2. The minimum Gasteiger partial charge on any atom is -0.503 e. The molecule has 8 nitrogen and oxygen atoms in total. The quantitative estimate of drug-likeness (QED) is 0.0770. The van der Waals surface area contributed by atoms with Gasteiger partial charge in [0.2, 0.25) is 5.13 Å². The molecule has 1 amide bonds. The van der Waals surface area contributed by atoms with E-state index in [1.54, 1.807) is 24.3 Å². The standard InChI is InChI=1S/C40H31N3O5S2/c1-47-34-23-29(20-22-33(34)48-24-27-13-6-3-7-14-27)36-35(32(44)21-19-26-11-4-2-5-12-26)37(45)38(46)43(36)39-41-42-40(50-39)49-25-30-17-10-16-28-15-8-9-18-31(28)30/h2-23,36,45H,24-25H2,1H3. The number of benzene rings is 5. The molecule has 1 N–H and O–H groups in total. The van der Waals surface area contributed by atoms with Crippen LogP contribution in [0.2, 0.25) is 0 Å². The topological polar surface area (TPSA) is 102 Å². The van der Waals surface area contributed by atoms with Gasteiger partial charge in [-0.2, -0.15) is 0 Å². The normalized spacial score (nSPS) is 14.5. The number of rotatable bonds is 12. The van der Waals surface area contributed by atoms with Crippen LogP contribution in [0.5, 0.6) is 11.5 Å². The Morgan fingerprint density at radius 2 is 1.64 bits per heavy atom.